The Balaban J connectivity index is 1.46. The summed E-state index contributed by atoms with van der Waals surface area (Å²) in [5, 5.41) is 4.82. The minimum absolute atomic E-state index is 0.0620. The van der Waals surface area contributed by atoms with Crippen molar-refractivity contribution in [3.63, 3.8) is 0 Å². The van der Waals surface area contributed by atoms with Crippen LogP contribution in [-0.4, -0.2) is 27.5 Å². The van der Waals surface area contributed by atoms with Crippen molar-refractivity contribution in [2.24, 2.45) is 0 Å². The fourth-order valence-corrected chi connectivity index (χ4v) is 3.80. The molecule has 2 aromatic carbocycles. The summed E-state index contributed by atoms with van der Waals surface area (Å²) in [6.45, 7) is 7.65. The van der Waals surface area contributed by atoms with E-state index in [1.54, 1.807) is 0 Å². The molecule has 1 fully saturated rings. The first-order chi connectivity index (χ1) is 13.8. The van der Waals surface area contributed by atoms with E-state index in [4.69, 9.17) is 16.1 Å². The maximum atomic E-state index is 12.5. The van der Waals surface area contributed by atoms with Gasteiger partial charge in [-0.05, 0) is 40.8 Å². The number of nitrogens with zero attached hydrogens (tertiary/aromatic N) is 3. The van der Waals surface area contributed by atoms with Crippen molar-refractivity contribution in [3.05, 3.63) is 70.5 Å². The zero-order valence-electron chi connectivity index (χ0n) is 16.9. The largest absolute Gasteiger partial charge is 0.338 e. The molecule has 0 radical (unpaired) electrons. The van der Waals surface area contributed by atoms with Gasteiger partial charge in [0.05, 0.1) is 0 Å². The van der Waals surface area contributed by atoms with Crippen LogP contribution in [0.2, 0.25) is 5.02 Å². The highest BCUT2D eigenvalue weighted by Crippen LogP contribution is 2.30. The van der Waals surface area contributed by atoms with Crippen LogP contribution in [0.4, 0.5) is 0 Å². The summed E-state index contributed by atoms with van der Waals surface area (Å²) >= 11 is 6.05. The van der Waals surface area contributed by atoms with E-state index in [9.17, 15) is 4.79 Å². The number of carbonyl (C=O) groups excluding carboxylic acids is 1. The fraction of sp³-hybridized carbons (Fsp3) is 0.348. The molecule has 0 aliphatic carbocycles. The minimum Gasteiger partial charge on any atom is -0.338 e. The molecule has 4 rings (SSSR count). The predicted octanol–water partition coefficient (Wildman–Crippen LogP) is 5.20. The Morgan fingerprint density at radius 3 is 2.62 bits per heavy atom. The van der Waals surface area contributed by atoms with Gasteiger partial charge in [-0.1, -0.05) is 61.8 Å². The molecule has 1 saturated heterocycles. The van der Waals surface area contributed by atoms with Gasteiger partial charge in [0.15, 0.2) is 5.82 Å². The molecule has 1 atom stereocenters. The highest BCUT2D eigenvalue weighted by molar-refractivity contribution is 6.30. The Kier molecular flexibility index (Phi) is 5.17. The molecule has 0 N–H and O–H groups in total. The Morgan fingerprint density at radius 1 is 1.17 bits per heavy atom. The van der Waals surface area contributed by atoms with E-state index in [0.29, 0.717) is 36.2 Å². The van der Waals surface area contributed by atoms with Crippen LogP contribution in [0.3, 0.4) is 0 Å². The molecule has 1 aromatic heterocycles. The SMILES string of the molecule is CC(C)(C)c1ccc(-c2nc(C3CC(=O)N(Cc4cccc(Cl)c4)C3)no2)cc1. The third kappa shape index (κ3) is 4.35. The van der Waals surface area contributed by atoms with E-state index in [-0.39, 0.29) is 17.2 Å². The number of hydrogen-bond donors (Lipinski definition) is 0. The quantitative estimate of drug-likeness (QED) is 0.594. The summed E-state index contributed by atoms with van der Waals surface area (Å²) in [5.74, 6) is 1.10. The molecule has 0 spiro atoms. The summed E-state index contributed by atoms with van der Waals surface area (Å²) in [6, 6.07) is 15.8. The highest BCUT2D eigenvalue weighted by Gasteiger charge is 2.33. The van der Waals surface area contributed by atoms with Crippen LogP contribution in [0.25, 0.3) is 11.5 Å². The van der Waals surface area contributed by atoms with Crippen molar-refractivity contribution in [2.45, 2.75) is 45.1 Å². The first kappa shape index (κ1) is 19.6. The second-order valence-electron chi connectivity index (χ2n) is 8.59. The monoisotopic (exact) mass is 409 g/mol. The van der Waals surface area contributed by atoms with Gasteiger partial charge in [0.25, 0.3) is 5.89 Å². The number of likely N-dealkylation sites (tertiary alicyclic amines) is 1. The summed E-state index contributed by atoms with van der Waals surface area (Å²) in [6.07, 6.45) is 0.391. The van der Waals surface area contributed by atoms with E-state index >= 15 is 0 Å². The Labute approximate surface area is 175 Å². The zero-order chi connectivity index (χ0) is 20.6. The summed E-state index contributed by atoms with van der Waals surface area (Å²) < 4.78 is 5.48. The second-order valence-corrected chi connectivity index (χ2v) is 9.03. The molecule has 6 heteroatoms. The minimum atomic E-state index is -0.0620. The van der Waals surface area contributed by atoms with Crippen molar-refractivity contribution < 1.29 is 9.32 Å². The van der Waals surface area contributed by atoms with Crippen LogP contribution in [0, 0.1) is 0 Å². The Hall–Kier alpha value is -2.66. The molecular weight excluding hydrogens is 386 g/mol. The summed E-state index contributed by atoms with van der Waals surface area (Å²) in [7, 11) is 0. The lowest BCUT2D eigenvalue weighted by Crippen LogP contribution is -2.24. The fourth-order valence-electron chi connectivity index (χ4n) is 3.58. The molecule has 1 aliphatic rings. The number of hydrogen-bond acceptors (Lipinski definition) is 4. The summed E-state index contributed by atoms with van der Waals surface area (Å²) in [4.78, 5) is 18.9. The first-order valence-corrected chi connectivity index (χ1v) is 10.1. The number of carbonyl (C=O) groups is 1. The Bertz CT molecular complexity index is 1020. The molecule has 2 heterocycles. The van der Waals surface area contributed by atoms with Gasteiger partial charge < -0.3 is 9.42 Å². The van der Waals surface area contributed by atoms with Crippen molar-refractivity contribution in [3.8, 4) is 11.5 Å². The lowest BCUT2D eigenvalue weighted by atomic mass is 9.87. The lowest BCUT2D eigenvalue weighted by Gasteiger charge is -2.18. The second kappa shape index (κ2) is 7.64. The van der Waals surface area contributed by atoms with Crippen LogP contribution >= 0.6 is 11.6 Å². The maximum absolute atomic E-state index is 12.5. The predicted molar refractivity (Wildman–Crippen MR) is 113 cm³/mol. The first-order valence-electron chi connectivity index (χ1n) is 9.76. The number of benzene rings is 2. The highest BCUT2D eigenvalue weighted by atomic mass is 35.5. The maximum Gasteiger partial charge on any atom is 0.257 e. The van der Waals surface area contributed by atoms with Gasteiger partial charge in [-0.2, -0.15) is 4.98 Å². The van der Waals surface area contributed by atoms with Crippen LogP contribution < -0.4 is 0 Å². The number of halogens is 1. The van der Waals surface area contributed by atoms with Gasteiger partial charge in [0.2, 0.25) is 5.91 Å². The molecule has 5 nitrogen and oxygen atoms in total. The van der Waals surface area contributed by atoms with Gasteiger partial charge in [-0.15, -0.1) is 0 Å². The number of rotatable bonds is 4. The van der Waals surface area contributed by atoms with Crippen LogP contribution in [0.5, 0.6) is 0 Å². The van der Waals surface area contributed by atoms with Crippen LogP contribution in [-0.2, 0) is 16.8 Å². The van der Waals surface area contributed by atoms with E-state index in [2.05, 4.69) is 43.0 Å². The number of aromatic nitrogens is 2. The third-order valence-electron chi connectivity index (χ3n) is 5.28. The number of amides is 1. The standard InChI is InChI=1S/C23H24ClN3O2/c1-23(2,3)18-9-7-16(8-10-18)22-25-21(26-29-22)17-12-20(28)27(14-17)13-15-5-4-6-19(24)11-15/h4-11,17H,12-14H2,1-3H3. The van der Waals surface area contributed by atoms with Crippen molar-refractivity contribution in [1.82, 2.24) is 15.0 Å². The zero-order valence-corrected chi connectivity index (χ0v) is 17.6. The van der Waals surface area contributed by atoms with Gasteiger partial charge in [-0.25, -0.2) is 0 Å². The molecule has 150 valence electrons. The molecule has 1 unspecified atom stereocenters. The van der Waals surface area contributed by atoms with Gasteiger partial charge in [0.1, 0.15) is 0 Å². The lowest BCUT2D eigenvalue weighted by molar-refractivity contribution is -0.128. The topological polar surface area (TPSA) is 59.2 Å². The van der Waals surface area contributed by atoms with Crippen LogP contribution in [0.15, 0.2) is 53.1 Å². The third-order valence-corrected chi connectivity index (χ3v) is 5.52. The van der Waals surface area contributed by atoms with Crippen molar-refractivity contribution >= 4 is 17.5 Å². The molecule has 3 aromatic rings. The molecule has 29 heavy (non-hydrogen) atoms. The van der Waals surface area contributed by atoms with Gasteiger partial charge in [-0.3, -0.25) is 4.79 Å². The molecular formula is C23H24ClN3O2. The molecule has 0 saturated carbocycles. The van der Waals surface area contributed by atoms with E-state index in [1.165, 1.54) is 5.56 Å². The molecule has 0 bridgehead atoms. The smallest absolute Gasteiger partial charge is 0.257 e. The average Bonchev–Trinajstić information content (AvgIpc) is 3.29. The van der Waals surface area contributed by atoms with Gasteiger partial charge >= 0.3 is 0 Å². The van der Waals surface area contributed by atoms with Crippen molar-refractivity contribution in [1.29, 1.82) is 0 Å². The summed E-state index contributed by atoms with van der Waals surface area (Å²) in [5.41, 5.74) is 3.24. The average molecular weight is 410 g/mol. The van der Waals surface area contributed by atoms with Gasteiger partial charge in [0, 0.05) is 36.0 Å². The van der Waals surface area contributed by atoms with E-state index < -0.39 is 0 Å². The van der Waals surface area contributed by atoms with Crippen LogP contribution in [0.1, 0.15) is 50.1 Å². The van der Waals surface area contributed by atoms with Crippen molar-refractivity contribution in [2.75, 3.05) is 6.54 Å². The van der Waals surface area contributed by atoms with E-state index in [1.807, 2.05) is 41.3 Å². The molecule has 1 aliphatic heterocycles. The van der Waals surface area contributed by atoms with E-state index in [0.717, 1.165) is 11.1 Å². The normalized spacial score (nSPS) is 17.2. The molecule has 1 amide bonds. The Morgan fingerprint density at radius 2 is 1.93 bits per heavy atom.